The van der Waals surface area contributed by atoms with Gasteiger partial charge in [0.1, 0.15) is 0 Å². The first kappa shape index (κ1) is 18.7. The molecule has 4 rings (SSSR count). The summed E-state index contributed by atoms with van der Waals surface area (Å²) < 4.78 is 12.3. The standard InChI is InChI=1S/C19H23ClN4O2S/c20-16-3-1-14(2-4-16)15-5-7-24(8-6-15)19-21-13-17-18(22-19)23(9-11-25)10-12-27(17)26/h1-4,13,15,25H,5-12H2. The van der Waals surface area contributed by atoms with Crippen LogP contribution in [-0.2, 0) is 10.8 Å². The van der Waals surface area contributed by atoms with E-state index in [9.17, 15) is 9.32 Å². The van der Waals surface area contributed by atoms with Gasteiger partial charge in [0.2, 0.25) is 5.95 Å². The molecule has 0 bridgehead atoms. The van der Waals surface area contributed by atoms with E-state index in [0.29, 0.717) is 41.4 Å². The van der Waals surface area contributed by atoms with Crippen LogP contribution in [-0.4, -0.2) is 57.8 Å². The Labute approximate surface area is 166 Å². The molecular formula is C19H23ClN4O2S. The van der Waals surface area contributed by atoms with Crippen molar-refractivity contribution < 1.29 is 9.32 Å². The van der Waals surface area contributed by atoms with Gasteiger partial charge in [-0.3, -0.25) is 4.21 Å². The first-order valence-corrected chi connectivity index (χ1v) is 11.0. The van der Waals surface area contributed by atoms with Gasteiger partial charge < -0.3 is 14.9 Å². The van der Waals surface area contributed by atoms with Crippen molar-refractivity contribution >= 4 is 34.2 Å². The Morgan fingerprint density at radius 1 is 1.19 bits per heavy atom. The second-order valence-electron chi connectivity index (χ2n) is 6.93. The van der Waals surface area contributed by atoms with Crippen molar-refractivity contribution in [3.05, 3.63) is 41.0 Å². The highest BCUT2D eigenvalue weighted by Gasteiger charge is 2.27. The number of rotatable bonds is 4. The Kier molecular flexibility index (Phi) is 5.61. The van der Waals surface area contributed by atoms with E-state index in [2.05, 4.69) is 22.0 Å². The number of hydrogen-bond acceptors (Lipinski definition) is 6. The summed E-state index contributed by atoms with van der Waals surface area (Å²) in [6.45, 7) is 2.97. The molecule has 6 nitrogen and oxygen atoms in total. The number of hydrogen-bond donors (Lipinski definition) is 1. The third kappa shape index (κ3) is 3.95. The molecule has 3 heterocycles. The van der Waals surface area contributed by atoms with Crippen molar-refractivity contribution in [3.63, 3.8) is 0 Å². The Morgan fingerprint density at radius 2 is 1.93 bits per heavy atom. The largest absolute Gasteiger partial charge is 0.395 e. The SMILES string of the molecule is O=S1CCN(CCO)c2nc(N3CCC(c4ccc(Cl)cc4)CC3)ncc21. The van der Waals surface area contributed by atoms with Gasteiger partial charge in [0.15, 0.2) is 5.82 Å². The number of piperidine rings is 1. The minimum absolute atomic E-state index is 0.0535. The number of aliphatic hydroxyl groups is 1. The van der Waals surface area contributed by atoms with Crippen LogP contribution in [0.15, 0.2) is 35.4 Å². The average Bonchev–Trinajstić information content (AvgIpc) is 2.71. The van der Waals surface area contributed by atoms with E-state index in [1.54, 1.807) is 6.20 Å². The maximum Gasteiger partial charge on any atom is 0.227 e. The third-order valence-electron chi connectivity index (χ3n) is 5.30. The maximum absolute atomic E-state index is 12.3. The summed E-state index contributed by atoms with van der Waals surface area (Å²) in [5.41, 5.74) is 1.33. The zero-order valence-electron chi connectivity index (χ0n) is 15.1. The van der Waals surface area contributed by atoms with Crippen LogP contribution in [0, 0.1) is 0 Å². The molecule has 1 fully saturated rings. The molecule has 0 radical (unpaired) electrons. The van der Waals surface area contributed by atoms with Gasteiger partial charge >= 0.3 is 0 Å². The lowest BCUT2D eigenvalue weighted by molar-refractivity contribution is 0.301. The molecule has 0 amide bonds. The number of fused-ring (bicyclic) bond motifs is 1. The van der Waals surface area contributed by atoms with E-state index in [0.717, 1.165) is 31.0 Å². The normalized spacial score (nSPS) is 20.6. The van der Waals surface area contributed by atoms with Crippen molar-refractivity contribution in [1.82, 2.24) is 9.97 Å². The fourth-order valence-corrected chi connectivity index (χ4v) is 5.07. The van der Waals surface area contributed by atoms with Crippen molar-refractivity contribution in [1.29, 1.82) is 0 Å². The number of nitrogens with zero attached hydrogens (tertiary/aromatic N) is 4. The second kappa shape index (κ2) is 8.12. The highest BCUT2D eigenvalue weighted by atomic mass is 35.5. The molecular weight excluding hydrogens is 384 g/mol. The molecule has 2 aliphatic heterocycles. The van der Waals surface area contributed by atoms with Crippen molar-refractivity contribution in [2.75, 3.05) is 48.3 Å². The van der Waals surface area contributed by atoms with Crippen LogP contribution in [0.1, 0.15) is 24.3 Å². The van der Waals surface area contributed by atoms with Crippen molar-refractivity contribution in [3.8, 4) is 0 Å². The quantitative estimate of drug-likeness (QED) is 0.841. The number of anilines is 2. The maximum atomic E-state index is 12.3. The van der Waals surface area contributed by atoms with Crippen LogP contribution < -0.4 is 9.80 Å². The van der Waals surface area contributed by atoms with Crippen LogP contribution in [0.2, 0.25) is 5.02 Å². The predicted octanol–water partition coefficient (Wildman–Crippen LogP) is 2.43. The molecule has 8 heteroatoms. The molecule has 2 aliphatic rings. The summed E-state index contributed by atoms with van der Waals surface area (Å²) in [5, 5.41) is 10.1. The lowest BCUT2D eigenvalue weighted by Crippen LogP contribution is -2.38. The van der Waals surface area contributed by atoms with Crippen LogP contribution >= 0.6 is 11.6 Å². The average molecular weight is 407 g/mol. The molecule has 144 valence electrons. The number of β-amino-alcohol motifs (C(OH)–C–C–N with tert-alkyl or cyclic N) is 1. The molecule has 1 unspecified atom stereocenters. The van der Waals surface area contributed by atoms with Crippen LogP contribution in [0.4, 0.5) is 11.8 Å². The first-order chi connectivity index (χ1) is 13.2. The zero-order chi connectivity index (χ0) is 18.8. The first-order valence-electron chi connectivity index (χ1n) is 9.27. The highest BCUT2D eigenvalue weighted by Crippen LogP contribution is 2.32. The molecule has 1 saturated heterocycles. The molecule has 0 aliphatic carbocycles. The van der Waals surface area contributed by atoms with Gasteiger partial charge in [-0.25, -0.2) is 4.98 Å². The van der Waals surface area contributed by atoms with E-state index in [1.807, 2.05) is 17.0 Å². The summed E-state index contributed by atoms with van der Waals surface area (Å²) in [4.78, 5) is 14.1. The van der Waals surface area contributed by atoms with E-state index in [-0.39, 0.29) is 6.61 Å². The minimum Gasteiger partial charge on any atom is -0.395 e. The summed E-state index contributed by atoms with van der Waals surface area (Å²) in [6, 6.07) is 8.12. The Morgan fingerprint density at radius 3 is 2.63 bits per heavy atom. The number of benzene rings is 1. The fraction of sp³-hybridized carbons (Fsp3) is 0.474. The molecule has 1 aromatic heterocycles. The Hall–Kier alpha value is -1.70. The molecule has 1 atom stereocenters. The third-order valence-corrected chi connectivity index (χ3v) is 6.89. The highest BCUT2D eigenvalue weighted by molar-refractivity contribution is 7.85. The summed E-state index contributed by atoms with van der Waals surface area (Å²) in [5.74, 6) is 2.47. The molecule has 27 heavy (non-hydrogen) atoms. The monoisotopic (exact) mass is 406 g/mol. The van der Waals surface area contributed by atoms with Crippen molar-refractivity contribution in [2.24, 2.45) is 0 Å². The molecule has 1 N–H and O–H groups in total. The number of aromatic nitrogens is 2. The van der Waals surface area contributed by atoms with Gasteiger partial charge in [0, 0.05) is 37.0 Å². The Bertz CT molecular complexity index is 825. The van der Waals surface area contributed by atoms with E-state index < -0.39 is 10.8 Å². The second-order valence-corrected chi connectivity index (χ2v) is 8.91. The number of aliphatic hydroxyl groups excluding tert-OH is 1. The topological polar surface area (TPSA) is 69.6 Å². The summed E-state index contributed by atoms with van der Waals surface area (Å²) in [6.07, 6.45) is 3.77. The zero-order valence-corrected chi connectivity index (χ0v) is 16.6. The number of halogens is 1. The van der Waals surface area contributed by atoms with Crippen molar-refractivity contribution in [2.45, 2.75) is 23.7 Å². The van der Waals surface area contributed by atoms with Gasteiger partial charge in [-0.1, -0.05) is 23.7 Å². The minimum atomic E-state index is -1.06. The molecule has 1 aromatic carbocycles. The van der Waals surface area contributed by atoms with Gasteiger partial charge in [-0.15, -0.1) is 0 Å². The predicted molar refractivity (Wildman–Crippen MR) is 108 cm³/mol. The van der Waals surface area contributed by atoms with E-state index in [4.69, 9.17) is 16.6 Å². The lowest BCUT2D eigenvalue weighted by Gasteiger charge is -2.34. The van der Waals surface area contributed by atoms with Crippen LogP contribution in [0.25, 0.3) is 0 Å². The van der Waals surface area contributed by atoms with Crippen LogP contribution in [0.3, 0.4) is 0 Å². The molecule has 0 saturated carbocycles. The van der Waals surface area contributed by atoms with Crippen LogP contribution in [0.5, 0.6) is 0 Å². The molecule has 2 aromatic rings. The summed E-state index contributed by atoms with van der Waals surface area (Å²) in [7, 11) is -1.06. The Balaban J connectivity index is 1.49. The fourth-order valence-electron chi connectivity index (χ4n) is 3.79. The van der Waals surface area contributed by atoms with Gasteiger partial charge in [-0.05, 0) is 36.5 Å². The summed E-state index contributed by atoms with van der Waals surface area (Å²) >= 11 is 5.99. The van der Waals surface area contributed by atoms with E-state index >= 15 is 0 Å². The van der Waals surface area contributed by atoms with Gasteiger partial charge in [0.25, 0.3) is 0 Å². The smallest absolute Gasteiger partial charge is 0.227 e. The van der Waals surface area contributed by atoms with Gasteiger partial charge in [0.05, 0.1) is 28.5 Å². The van der Waals surface area contributed by atoms with E-state index in [1.165, 1.54) is 5.56 Å². The van der Waals surface area contributed by atoms with Gasteiger partial charge in [-0.2, -0.15) is 4.98 Å². The lowest BCUT2D eigenvalue weighted by atomic mass is 9.90. The molecule has 0 spiro atoms.